The lowest BCUT2D eigenvalue weighted by Gasteiger charge is -2.16. The summed E-state index contributed by atoms with van der Waals surface area (Å²) in [7, 11) is 2.17. The minimum atomic E-state index is 0.830. The van der Waals surface area contributed by atoms with Gasteiger partial charge in [-0.3, -0.25) is 0 Å². The van der Waals surface area contributed by atoms with Gasteiger partial charge in [-0.15, -0.1) is 0 Å². The van der Waals surface area contributed by atoms with Gasteiger partial charge in [0, 0.05) is 13.1 Å². The van der Waals surface area contributed by atoms with Crippen LogP contribution in [0, 0.1) is 0 Å². The minimum Gasteiger partial charge on any atom is -0.379 e. The highest BCUT2D eigenvalue weighted by atomic mass is 16.5. The molecule has 3 nitrogen and oxygen atoms in total. The lowest BCUT2D eigenvalue weighted by Crippen LogP contribution is -2.26. The van der Waals surface area contributed by atoms with E-state index < -0.39 is 0 Å². The van der Waals surface area contributed by atoms with E-state index in [1.54, 1.807) is 0 Å². The molecule has 0 aromatic heterocycles. The lowest BCUT2D eigenvalue weighted by molar-refractivity contribution is 0.113. The quantitative estimate of drug-likeness (QED) is 0.532. The molecule has 0 heterocycles. The van der Waals surface area contributed by atoms with E-state index in [1.807, 2.05) is 0 Å². The summed E-state index contributed by atoms with van der Waals surface area (Å²) in [5.74, 6) is 0. The molecule has 0 rings (SSSR count). The van der Waals surface area contributed by atoms with Gasteiger partial charge in [-0.05, 0) is 26.6 Å². The number of hydrogen-bond donors (Lipinski definition) is 1. The Bertz CT molecular complexity index is 120. The highest BCUT2D eigenvalue weighted by Gasteiger charge is 1.97. The lowest BCUT2D eigenvalue weighted by atomic mass is 10.2. The van der Waals surface area contributed by atoms with Gasteiger partial charge in [0.15, 0.2) is 0 Å². The first-order valence-electron chi connectivity index (χ1n) is 6.28. The molecule has 0 spiro atoms. The van der Waals surface area contributed by atoms with Gasteiger partial charge in [0.25, 0.3) is 0 Å². The van der Waals surface area contributed by atoms with Crippen molar-refractivity contribution in [3.8, 4) is 0 Å². The molecule has 0 saturated carbocycles. The van der Waals surface area contributed by atoms with E-state index in [0.717, 1.165) is 32.8 Å². The molecule has 0 aliphatic rings. The van der Waals surface area contributed by atoms with Crippen LogP contribution in [0.25, 0.3) is 0 Å². The van der Waals surface area contributed by atoms with Crippen LogP contribution in [-0.2, 0) is 4.74 Å². The van der Waals surface area contributed by atoms with E-state index in [4.69, 9.17) is 4.74 Å². The van der Waals surface area contributed by atoms with Gasteiger partial charge in [0.2, 0.25) is 0 Å². The van der Waals surface area contributed by atoms with Gasteiger partial charge in [-0.2, -0.15) is 0 Å². The van der Waals surface area contributed by atoms with E-state index in [-0.39, 0.29) is 0 Å². The molecule has 0 fully saturated rings. The van der Waals surface area contributed by atoms with Crippen molar-refractivity contribution in [3.63, 3.8) is 0 Å². The first-order valence-corrected chi connectivity index (χ1v) is 6.28. The summed E-state index contributed by atoms with van der Waals surface area (Å²) in [5, 5.41) is 3.24. The molecule has 1 N–H and O–H groups in total. The number of nitrogens with zero attached hydrogens (tertiary/aromatic N) is 1. The van der Waals surface area contributed by atoms with Gasteiger partial charge in [0.1, 0.15) is 0 Å². The third kappa shape index (κ3) is 11.8. The Hall–Kier alpha value is -0.120. The normalized spacial score (nSPS) is 11.2. The second kappa shape index (κ2) is 12.0. The number of nitrogens with one attached hydrogen (secondary N) is 1. The van der Waals surface area contributed by atoms with Crippen molar-refractivity contribution in [3.05, 3.63) is 0 Å². The van der Waals surface area contributed by atoms with Gasteiger partial charge in [-0.1, -0.05) is 26.7 Å². The minimum absolute atomic E-state index is 0.830. The molecule has 15 heavy (non-hydrogen) atoms. The molecule has 3 heteroatoms. The number of rotatable bonds is 11. The predicted octanol–water partition coefficient (Wildman–Crippen LogP) is 1.73. The molecule has 0 saturated heterocycles. The fraction of sp³-hybridized carbons (Fsp3) is 1.00. The average Bonchev–Trinajstić information content (AvgIpc) is 2.23. The zero-order valence-corrected chi connectivity index (χ0v) is 10.7. The van der Waals surface area contributed by atoms with E-state index in [1.165, 1.54) is 25.8 Å². The molecule has 0 aliphatic carbocycles. The second-order valence-electron chi connectivity index (χ2n) is 3.98. The summed E-state index contributed by atoms with van der Waals surface area (Å²) >= 11 is 0. The van der Waals surface area contributed by atoms with Crippen LogP contribution in [0.15, 0.2) is 0 Å². The third-order valence-corrected chi connectivity index (χ3v) is 2.43. The molecular formula is C12H28N2O. The Balaban J connectivity index is 3.06. The van der Waals surface area contributed by atoms with Crippen molar-refractivity contribution in [1.29, 1.82) is 0 Å². The molecule has 0 aromatic rings. The van der Waals surface area contributed by atoms with Gasteiger partial charge in [0.05, 0.1) is 13.2 Å². The van der Waals surface area contributed by atoms with Crippen LogP contribution in [0.5, 0.6) is 0 Å². The average molecular weight is 216 g/mol. The Morgan fingerprint density at radius 3 is 2.53 bits per heavy atom. The Morgan fingerprint density at radius 1 is 1.07 bits per heavy atom. The second-order valence-corrected chi connectivity index (χ2v) is 3.98. The summed E-state index contributed by atoms with van der Waals surface area (Å²) in [6.45, 7) is 10.3. The molecule has 92 valence electrons. The maximum absolute atomic E-state index is 5.51. The molecule has 0 aromatic carbocycles. The fourth-order valence-corrected chi connectivity index (χ4v) is 1.39. The SMILES string of the molecule is CCCCCN(C)CCOCCNCC. The highest BCUT2D eigenvalue weighted by Crippen LogP contribution is 1.95. The van der Waals surface area contributed by atoms with Crippen LogP contribution in [0.1, 0.15) is 33.1 Å². The van der Waals surface area contributed by atoms with Gasteiger partial charge < -0.3 is 15.0 Å². The highest BCUT2D eigenvalue weighted by molar-refractivity contribution is 4.51. The summed E-state index contributed by atoms with van der Waals surface area (Å²) in [4.78, 5) is 2.35. The fourth-order valence-electron chi connectivity index (χ4n) is 1.39. The molecule has 0 amide bonds. The van der Waals surface area contributed by atoms with E-state index in [2.05, 4.69) is 31.1 Å². The standard InChI is InChI=1S/C12H28N2O/c1-4-6-7-9-14(3)10-12-15-11-8-13-5-2/h13H,4-12H2,1-3H3. The monoisotopic (exact) mass is 216 g/mol. The number of likely N-dealkylation sites (N-methyl/N-ethyl adjacent to an activating group) is 2. The van der Waals surface area contributed by atoms with Crippen LogP contribution in [0.2, 0.25) is 0 Å². The van der Waals surface area contributed by atoms with Crippen molar-refractivity contribution < 1.29 is 4.74 Å². The summed E-state index contributed by atoms with van der Waals surface area (Å²) < 4.78 is 5.51. The van der Waals surface area contributed by atoms with Crippen molar-refractivity contribution in [1.82, 2.24) is 10.2 Å². The van der Waals surface area contributed by atoms with Crippen LogP contribution >= 0.6 is 0 Å². The zero-order valence-electron chi connectivity index (χ0n) is 10.7. The van der Waals surface area contributed by atoms with E-state index >= 15 is 0 Å². The van der Waals surface area contributed by atoms with Crippen LogP contribution < -0.4 is 5.32 Å². The Labute approximate surface area is 95.2 Å². The van der Waals surface area contributed by atoms with Crippen LogP contribution in [-0.4, -0.2) is 51.3 Å². The first-order chi connectivity index (χ1) is 7.31. The van der Waals surface area contributed by atoms with Crippen molar-refractivity contribution in [2.24, 2.45) is 0 Å². The van der Waals surface area contributed by atoms with Crippen LogP contribution in [0.4, 0.5) is 0 Å². The zero-order chi connectivity index (χ0) is 11.4. The molecule has 0 unspecified atom stereocenters. The topological polar surface area (TPSA) is 24.5 Å². The summed E-state index contributed by atoms with van der Waals surface area (Å²) in [6.07, 6.45) is 3.95. The largest absolute Gasteiger partial charge is 0.379 e. The van der Waals surface area contributed by atoms with Crippen molar-refractivity contribution >= 4 is 0 Å². The first kappa shape index (κ1) is 14.9. The number of unbranched alkanes of at least 4 members (excludes halogenated alkanes) is 2. The number of ether oxygens (including phenoxy) is 1. The van der Waals surface area contributed by atoms with Gasteiger partial charge >= 0.3 is 0 Å². The van der Waals surface area contributed by atoms with E-state index in [9.17, 15) is 0 Å². The summed E-state index contributed by atoms with van der Waals surface area (Å²) in [6, 6.07) is 0. The summed E-state index contributed by atoms with van der Waals surface area (Å²) in [5.41, 5.74) is 0. The number of hydrogen-bond acceptors (Lipinski definition) is 3. The Kier molecular flexibility index (Phi) is 11.9. The van der Waals surface area contributed by atoms with Gasteiger partial charge in [-0.25, -0.2) is 0 Å². The van der Waals surface area contributed by atoms with E-state index in [0.29, 0.717) is 0 Å². The smallest absolute Gasteiger partial charge is 0.0593 e. The molecule has 0 aliphatic heterocycles. The molecule has 0 bridgehead atoms. The molecule has 0 radical (unpaired) electrons. The van der Waals surface area contributed by atoms with Crippen LogP contribution in [0.3, 0.4) is 0 Å². The van der Waals surface area contributed by atoms with Crippen molar-refractivity contribution in [2.45, 2.75) is 33.1 Å². The molecular weight excluding hydrogens is 188 g/mol. The predicted molar refractivity (Wildman–Crippen MR) is 66.4 cm³/mol. The molecule has 0 atom stereocenters. The maximum Gasteiger partial charge on any atom is 0.0593 e. The van der Waals surface area contributed by atoms with Crippen molar-refractivity contribution in [2.75, 3.05) is 46.4 Å². The Morgan fingerprint density at radius 2 is 1.87 bits per heavy atom. The third-order valence-electron chi connectivity index (χ3n) is 2.43. The maximum atomic E-state index is 5.51.